The SMILES string of the molecule is CCOC(=O)C1=C(C)N=c2s/c(=C\c3ccccn3)c(=O)n2[C@H]1c1ccc(OC)cc1. The highest BCUT2D eigenvalue weighted by Gasteiger charge is 2.33. The number of carbonyl (C=O) groups is 1. The van der Waals surface area contributed by atoms with Gasteiger partial charge in [0.25, 0.3) is 5.56 Å². The molecule has 3 aromatic rings. The van der Waals surface area contributed by atoms with Crippen molar-refractivity contribution in [2.24, 2.45) is 4.99 Å². The number of esters is 1. The second kappa shape index (κ2) is 8.69. The Morgan fingerprint density at radius 1 is 1.23 bits per heavy atom. The lowest BCUT2D eigenvalue weighted by molar-refractivity contribution is -0.139. The van der Waals surface area contributed by atoms with E-state index in [4.69, 9.17) is 9.47 Å². The van der Waals surface area contributed by atoms with Crippen LogP contribution in [0, 0.1) is 0 Å². The lowest BCUT2D eigenvalue weighted by atomic mass is 9.96. The van der Waals surface area contributed by atoms with Gasteiger partial charge in [0.1, 0.15) is 5.75 Å². The van der Waals surface area contributed by atoms with E-state index in [1.165, 1.54) is 11.3 Å². The molecule has 0 unspecified atom stereocenters. The third-order valence-electron chi connectivity index (χ3n) is 4.92. The minimum absolute atomic E-state index is 0.231. The van der Waals surface area contributed by atoms with Crippen molar-refractivity contribution in [2.45, 2.75) is 19.9 Å². The third-order valence-corrected chi connectivity index (χ3v) is 5.90. The van der Waals surface area contributed by atoms with Crippen LogP contribution in [0.15, 0.2) is 69.7 Å². The van der Waals surface area contributed by atoms with Crippen molar-refractivity contribution in [1.29, 1.82) is 0 Å². The van der Waals surface area contributed by atoms with E-state index in [1.807, 2.05) is 30.3 Å². The maximum Gasteiger partial charge on any atom is 0.338 e. The molecule has 0 fully saturated rings. The maximum atomic E-state index is 13.4. The number of rotatable bonds is 5. The first-order chi connectivity index (χ1) is 15.0. The van der Waals surface area contributed by atoms with E-state index in [0.717, 1.165) is 5.56 Å². The lowest BCUT2D eigenvalue weighted by Gasteiger charge is -2.24. The maximum absolute atomic E-state index is 13.4. The van der Waals surface area contributed by atoms with E-state index in [2.05, 4.69) is 9.98 Å². The molecule has 7 nitrogen and oxygen atoms in total. The fourth-order valence-electron chi connectivity index (χ4n) is 3.49. The average Bonchev–Trinajstić information content (AvgIpc) is 3.08. The molecular formula is C23H21N3O4S. The minimum Gasteiger partial charge on any atom is -0.497 e. The summed E-state index contributed by atoms with van der Waals surface area (Å²) in [7, 11) is 1.59. The molecule has 0 N–H and O–H groups in total. The first-order valence-corrected chi connectivity index (χ1v) is 10.6. The molecule has 1 aliphatic heterocycles. The smallest absolute Gasteiger partial charge is 0.338 e. The van der Waals surface area contributed by atoms with Crippen LogP contribution in [0.2, 0.25) is 0 Å². The Kier molecular flexibility index (Phi) is 5.81. The van der Waals surface area contributed by atoms with Gasteiger partial charge in [-0.2, -0.15) is 0 Å². The molecule has 0 bridgehead atoms. The number of nitrogens with zero attached hydrogens (tertiary/aromatic N) is 3. The molecule has 4 rings (SSSR count). The zero-order chi connectivity index (χ0) is 22.0. The zero-order valence-electron chi connectivity index (χ0n) is 17.4. The molecule has 1 aromatic carbocycles. The minimum atomic E-state index is -0.646. The number of ether oxygens (including phenoxy) is 2. The molecule has 2 aromatic heterocycles. The molecule has 31 heavy (non-hydrogen) atoms. The number of aromatic nitrogens is 2. The van der Waals surface area contributed by atoms with E-state index in [1.54, 1.807) is 49.9 Å². The summed E-state index contributed by atoms with van der Waals surface area (Å²) in [6.07, 6.45) is 3.41. The molecule has 158 valence electrons. The van der Waals surface area contributed by atoms with E-state index in [0.29, 0.717) is 32.0 Å². The van der Waals surface area contributed by atoms with Gasteiger partial charge in [-0.15, -0.1) is 0 Å². The van der Waals surface area contributed by atoms with Crippen LogP contribution in [0.5, 0.6) is 5.75 Å². The molecule has 3 heterocycles. The van der Waals surface area contributed by atoms with E-state index < -0.39 is 12.0 Å². The molecule has 8 heteroatoms. The molecule has 0 spiro atoms. The summed E-state index contributed by atoms with van der Waals surface area (Å²) in [6, 6.07) is 12.2. The Bertz CT molecular complexity index is 1320. The Balaban J connectivity index is 1.95. The number of carbonyl (C=O) groups excluding carboxylic acids is 1. The number of hydrogen-bond acceptors (Lipinski definition) is 7. The van der Waals surface area contributed by atoms with Gasteiger partial charge in [-0.1, -0.05) is 29.5 Å². The van der Waals surface area contributed by atoms with Crippen LogP contribution in [0.25, 0.3) is 6.08 Å². The van der Waals surface area contributed by atoms with Gasteiger partial charge in [-0.05, 0) is 49.8 Å². The highest BCUT2D eigenvalue weighted by Crippen LogP contribution is 2.31. The molecule has 0 radical (unpaired) electrons. The summed E-state index contributed by atoms with van der Waals surface area (Å²) in [6.45, 7) is 3.74. The van der Waals surface area contributed by atoms with Crippen molar-refractivity contribution in [2.75, 3.05) is 13.7 Å². The Morgan fingerprint density at radius 2 is 2.00 bits per heavy atom. The van der Waals surface area contributed by atoms with Crippen LogP contribution in [-0.2, 0) is 9.53 Å². The van der Waals surface area contributed by atoms with E-state index in [9.17, 15) is 9.59 Å². The number of fused-ring (bicyclic) bond motifs is 1. The van der Waals surface area contributed by atoms with Gasteiger partial charge in [-0.25, -0.2) is 9.79 Å². The van der Waals surface area contributed by atoms with Crippen LogP contribution in [0.1, 0.15) is 31.1 Å². The quantitative estimate of drug-likeness (QED) is 0.574. The second-order valence-corrected chi connectivity index (χ2v) is 7.84. The Labute approximate surface area is 182 Å². The zero-order valence-corrected chi connectivity index (χ0v) is 18.2. The molecule has 1 aliphatic rings. The lowest BCUT2D eigenvalue weighted by Crippen LogP contribution is -2.39. The number of hydrogen-bond donors (Lipinski definition) is 0. The number of thiazole rings is 1. The largest absolute Gasteiger partial charge is 0.497 e. The predicted molar refractivity (Wildman–Crippen MR) is 118 cm³/mol. The van der Waals surface area contributed by atoms with Crippen molar-refractivity contribution < 1.29 is 14.3 Å². The fourth-order valence-corrected chi connectivity index (χ4v) is 4.52. The number of pyridine rings is 1. The van der Waals surface area contributed by atoms with Gasteiger partial charge in [0.15, 0.2) is 4.80 Å². The first-order valence-electron chi connectivity index (χ1n) is 9.78. The summed E-state index contributed by atoms with van der Waals surface area (Å²) >= 11 is 1.27. The Hall–Kier alpha value is -3.52. The first kappa shape index (κ1) is 20.7. The topological polar surface area (TPSA) is 82.8 Å². The van der Waals surface area contributed by atoms with Crippen LogP contribution in [0.4, 0.5) is 0 Å². The summed E-state index contributed by atoms with van der Waals surface area (Å²) in [4.78, 5) is 35.6. The molecule has 1 atom stereocenters. The normalized spacial score (nSPS) is 16.0. The highest BCUT2D eigenvalue weighted by atomic mass is 32.1. The van der Waals surface area contributed by atoms with Crippen molar-refractivity contribution >= 4 is 23.4 Å². The standard InChI is InChI=1S/C23H21N3O4S/c1-4-30-22(28)19-14(2)25-23-26(20(19)15-8-10-17(29-3)11-9-15)21(27)18(31-23)13-16-7-5-6-12-24-16/h5-13,20H,4H2,1-3H3/b18-13-/t20-/m0/s1. The highest BCUT2D eigenvalue weighted by molar-refractivity contribution is 7.07. The van der Waals surface area contributed by atoms with Crippen LogP contribution in [-0.4, -0.2) is 29.2 Å². The number of methoxy groups -OCH3 is 1. The number of allylic oxidation sites excluding steroid dienone is 1. The van der Waals surface area contributed by atoms with E-state index in [-0.39, 0.29) is 12.2 Å². The second-order valence-electron chi connectivity index (χ2n) is 6.83. The third kappa shape index (κ3) is 3.94. The van der Waals surface area contributed by atoms with Crippen molar-refractivity contribution in [1.82, 2.24) is 9.55 Å². The van der Waals surface area contributed by atoms with Crippen molar-refractivity contribution in [3.8, 4) is 5.75 Å². The predicted octanol–water partition coefficient (Wildman–Crippen LogP) is 2.20. The van der Waals surface area contributed by atoms with Crippen molar-refractivity contribution in [3.63, 3.8) is 0 Å². The van der Waals surface area contributed by atoms with E-state index >= 15 is 0 Å². The van der Waals surface area contributed by atoms with Gasteiger partial charge < -0.3 is 9.47 Å². The summed E-state index contributed by atoms with van der Waals surface area (Å²) in [5.74, 6) is 0.202. The summed E-state index contributed by atoms with van der Waals surface area (Å²) in [5.41, 5.74) is 2.09. The summed E-state index contributed by atoms with van der Waals surface area (Å²) in [5, 5.41) is 0. The molecule has 0 saturated carbocycles. The summed E-state index contributed by atoms with van der Waals surface area (Å²) < 4.78 is 12.6. The van der Waals surface area contributed by atoms with Crippen LogP contribution in [0.3, 0.4) is 0 Å². The molecule has 0 aliphatic carbocycles. The van der Waals surface area contributed by atoms with Gasteiger partial charge in [0.05, 0.1) is 41.3 Å². The van der Waals surface area contributed by atoms with Gasteiger partial charge in [0, 0.05) is 6.20 Å². The van der Waals surface area contributed by atoms with Crippen LogP contribution < -0.4 is 19.6 Å². The molecule has 0 saturated heterocycles. The number of benzene rings is 1. The Morgan fingerprint density at radius 3 is 2.65 bits per heavy atom. The molecular weight excluding hydrogens is 414 g/mol. The van der Waals surface area contributed by atoms with Gasteiger partial charge in [0.2, 0.25) is 0 Å². The monoisotopic (exact) mass is 435 g/mol. The van der Waals surface area contributed by atoms with Gasteiger partial charge in [-0.3, -0.25) is 14.3 Å². The average molecular weight is 436 g/mol. The fraction of sp³-hybridized carbons (Fsp3) is 0.217. The van der Waals surface area contributed by atoms with Crippen LogP contribution >= 0.6 is 11.3 Å². The van der Waals surface area contributed by atoms with Crippen molar-refractivity contribution in [3.05, 3.63) is 90.9 Å². The van der Waals surface area contributed by atoms with Gasteiger partial charge >= 0.3 is 5.97 Å². The molecule has 0 amide bonds.